The summed E-state index contributed by atoms with van der Waals surface area (Å²) in [5.41, 5.74) is 1.08. The van der Waals surface area contributed by atoms with Crippen molar-refractivity contribution < 1.29 is 22.7 Å². The quantitative estimate of drug-likeness (QED) is 0.812. The van der Waals surface area contributed by atoms with Crippen LogP contribution in [0.3, 0.4) is 0 Å². The topological polar surface area (TPSA) is 55.3 Å². The second-order valence-corrected chi connectivity index (χ2v) is 5.17. The SMILES string of the molecule is O=CN1CC(c2ccc(Oc3cnc(C(F)(F)F)nc3)cc2)C1. The Balaban J connectivity index is 1.63. The molecule has 0 spiro atoms. The van der Waals surface area contributed by atoms with E-state index in [2.05, 4.69) is 9.97 Å². The minimum atomic E-state index is -4.57. The summed E-state index contributed by atoms with van der Waals surface area (Å²) < 4.78 is 42.5. The number of aromatic nitrogens is 2. The summed E-state index contributed by atoms with van der Waals surface area (Å²) in [6, 6.07) is 7.17. The lowest BCUT2D eigenvalue weighted by Gasteiger charge is -2.36. The van der Waals surface area contributed by atoms with Crippen LogP contribution in [-0.2, 0) is 11.0 Å². The van der Waals surface area contributed by atoms with Crippen molar-refractivity contribution >= 4 is 6.41 Å². The van der Waals surface area contributed by atoms with Crippen LogP contribution in [0.5, 0.6) is 11.5 Å². The Morgan fingerprint density at radius 3 is 2.22 bits per heavy atom. The molecule has 1 aliphatic heterocycles. The third kappa shape index (κ3) is 3.41. The Morgan fingerprint density at radius 2 is 1.70 bits per heavy atom. The third-order valence-corrected chi connectivity index (χ3v) is 3.53. The van der Waals surface area contributed by atoms with Crippen LogP contribution in [0, 0.1) is 0 Å². The van der Waals surface area contributed by atoms with Gasteiger partial charge in [0.25, 0.3) is 0 Å². The van der Waals surface area contributed by atoms with Crippen molar-refractivity contribution in [2.24, 2.45) is 0 Å². The van der Waals surface area contributed by atoms with E-state index < -0.39 is 12.0 Å². The number of alkyl halides is 3. The van der Waals surface area contributed by atoms with Gasteiger partial charge >= 0.3 is 6.18 Å². The molecule has 3 rings (SSSR count). The molecule has 8 heteroatoms. The standard InChI is InChI=1S/C15H12F3N3O2/c16-15(17,18)14-19-5-13(6-20-14)23-12-3-1-10(2-4-12)11-7-21(8-11)9-22/h1-6,9,11H,7-8H2. The zero-order chi connectivity index (χ0) is 16.4. The number of hydrogen-bond acceptors (Lipinski definition) is 4. The Kier molecular flexibility index (Phi) is 3.89. The fraction of sp³-hybridized carbons (Fsp3) is 0.267. The van der Waals surface area contributed by atoms with Gasteiger partial charge in [-0.2, -0.15) is 13.2 Å². The molecule has 0 atom stereocenters. The van der Waals surface area contributed by atoms with E-state index in [0.29, 0.717) is 24.8 Å². The lowest BCUT2D eigenvalue weighted by molar-refractivity contribution is -0.145. The van der Waals surface area contributed by atoms with Crippen LogP contribution in [0.25, 0.3) is 0 Å². The minimum Gasteiger partial charge on any atom is -0.454 e. The van der Waals surface area contributed by atoms with Gasteiger partial charge in [0.2, 0.25) is 12.2 Å². The molecule has 5 nitrogen and oxygen atoms in total. The van der Waals surface area contributed by atoms with Gasteiger partial charge < -0.3 is 9.64 Å². The van der Waals surface area contributed by atoms with Crippen molar-refractivity contribution in [1.82, 2.24) is 14.9 Å². The molecule has 0 unspecified atom stereocenters. The van der Waals surface area contributed by atoms with Gasteiger partial charge in [-0.05, 0) is 17.7 Å². The van der Waals surface area contributed by atoms with Crippen molar-refractivity contribution in [2.75, 3.05) is 13.1 Å². The lowest BCUT2D eigenvalue weighted by atomic mass is 9.92. The minimum absolute atomic E-state index is 0.126. The highest BCUT2D eigenvalue weighted by Gasteiger charge is 2.34. The maximum absolute atomic E-state index is 12.4. The lowest BCUT2D eigenvalue weighted by Crippen LogP contribution is -2.43. The first-order valence-electron chi connectivity index (χ1n) is 6.82. The van der Waals surface area contributed by atoms with E-state index >= 15 is 0 Å². The first kappa shape index (κ1) is 15.3. The summed E-state index contributed by atoms with van der Waals surface area (Å²) >= 11 is 0. The van der Waals surface area contributed by atoms with E-state index in [-0.39, 0.29) is 5.75 Å². The van der Waals surface area contributed by atoms with E-state index in [0.717, 1.165) is 24.4 Å². The van der Waals surface area contributed by atoms with Crippen LogP contribution in [0.4, 0.5) is 13.2 Å². The molecule has 1 amide bonds. The van der Waals surface area contributed by atoms with Crippen molar-refractivity contribution in [3.63, 3.8) is 0 Å². The van der Waals surface area contributed by atoms with Crippen LogP contribution in [0.15, 0.2) is 36.7 Å². The molecule has 2 aromatic rings. The van der Waals surface area contributed by atoms with Crippen LogP contribution >= 0.6 is 0 Å². The molecular formula is C15H12F3N3O2. The highest BCUT2D eigenvalue weighted by Crippen LogP contribution is 2.29. The third-order valence-electron chi connectivity index (χ3n) is 3.53. The van der Waals surface area contributed by atoms with Crippen LogP contribution in [-0.4, -0.2) is 34.4 Å². The van der Waals surface area contributed by atoms with E-state index in [1.807, 2.05) is 12.1 Å². The molecule has 1 fully saturated rings. The predicted molar refractivity (Wildman–Crippen MR) is 73.9 cm³/mol. The van der Waals surface area contributed by atoms with Crippen LogP contribution < -0.4 is 4.74 Å². The molecule has 1 aliphatic rings. The van der Waals surface area contributed by atoms with Crippen molar-refractivity contribution in [3.8, 4) is 11.5 Å². The smallest absolute Gasteiger partial charge is 0.451 e. The molecule has 120 valence electrons. The largest absolute Gasteiger partial charge is 0.454 e. The number of benzene rings is 1. The molecule has 0 N–H and O–H groups in total. The zero-order valence-electron chi connectivity index (χ0n) is 11.8. The van der Waals surface area contributed by atoms with E-state index in [1.54, 1.807) is 17.0 Å². The molecule has 1 aromatic carbocycles. The number of carbonyl (C=O) groups is 1. The van der Waals surface area contributed by atoms with E-state index in [9.17, 15) is 18.0 Å². The van der Waals surface area contributed by atoms with Crippen LogP contribution in [0.2, 0.25) is 0 Å². The molecule has 0 bridgehead atoms. The molecule has 1 saturated heterocycles. The summed E-state index contributed by atoms with van der Waals surface area (Å²) in [4.78, 5) is 18.7. The Labute approximate surface area is 129 Å². The van der Waals surface area contributed by atoms with Gasteiger partial charge in [0.1, 0.15) is 5.75 Å². The van der Waals surface area contributed by atoms with Crippen molar-refractivity contribution in [3.05, 3.63) is 48.0 Å². The fourth-order valence-corrected chi connectivity index (χ4v) is 2.27. The van der Waals surface area contributed by atoms with Gasteiger partial charge in [0.05, 0.1) is 12.4 Å². The number of halogens is 3. The maximum Gasteiger partial charge on any atom is 0.451 e. The second kappa shape index (κ2) is 5.86. The van der Waals surface area contributed by atoms with Crippen LogP contribution in [0.1, 0.15) is 17.3 Å². The highest BCUT2D eigenvalue weighted by atomic mass is 19.4. The van der Waals surface area contributed by atoms with Crippen molar-refractivity contribution in [2.45, 2.75) is 12.1 Å². The number of rotatable bonds is 4. The average Bonchev–Trinajstić information content (AvgIpc) is 2.47. The fourth-order valence-electron chi connectivity index (χ4n) is 2.27. The number of ether oxygens (including phenoxy) is 1. The molecule has 0 radical (unpaired) electrons. The summed E-state index contributed by atoms with van der Waals surface area (Å²) in [6.07, 6.45) is -1.79. The van der Waals surface area contributed by atoms with E-state index in [1.165, 1.54) is 0 Å². The first-order chi connectivity index (χ1) is 11.0. The Morgan fingerprint density at radius 1 is 1.09 bits per heavy atom. The Bertz CT molecular complexity index is 681. The van der Waals surface area contributed by atoms with E-state index in [4.69, 9.17) is 4.74 Å². The molecule has 0 aliphatic carbocycles. The summed E-state index contributed by atoms with van der Waals surface area (Å²) in [6.45, 7) is 1.38. The number of carbonyl (C=O) groups excluding carboxylic acids is 1. The summed E-state index contributed by atoms with van der Waals surface area (Å²) in [7, 11) is 0. The van der Waals surface area contributed by atoms with Gasteiger partial charge in [-0.1, -0.05) is 12.1 Å². The van der Waals surface area contributed by atoms with Gasteiger partial charge in [-0.15, -0.1) is 0 Å². The summed E-state index contributed by atoms with van der Waals surface area (Å²) in [5.74, 6) is -0.293. The zero-order valence-corrected chi connectivity index (χ0v) is 11.8. The summed E-state index contributed by atoms with van der Waals surface area (Å²) in [5, 5.41) is 0. The van der Waals surface area contributed by atoms with Gasteiger partial charge in [-0.25, -0.2) is 9.97 Å². The second-order valence-electron chi connectivity index (χ2n) is 5.17. The predicted octanol–water partition coefficient (Wildman–Crippen LogP) is 2.84. The molecule has 23 heavy (non-hydrogen) atoms. The molecular weight excluding hydrogens is 311 g/mol. The van der Waals surface area contributed by atoms with Gasteiger partial charge in [0, 0.05) is 19.0 Å². The highest BCUT2D eigenvalue weighted by molar-refractivity contribution is 5.50. The first-order valence-corrected chi connectivity index (χ1v) is 6.82. The number of amides is 1. The van der Waals surface area contributed by atoms with Crippen molar-refractivity contribution in [1.29, 1.82) is 0 Å². The normalized spacial score (nSPS) is 15.2. The average molecular weight is 323 g/mol. The Hall–Kier alpha value is -2.64. The molecule has 1 aromatic heterocycles. The van der Waals surface area contributed by atoms with Gasteiger partial charge in [-0.3, -0.25) is 4.79 Å². The molecule has 0 saturated carbocycles. The number of hydrogen-bond donors (Lipinski definition) is 0. The number of likely N-dealkylation sites (tertiary alicyclic amines) is 1. The maximum atomic E-state index is 12.4. The number of nitrogens with zero attached hydrogens (tertiary/aromatic N) is 3. The van der Waals surface area contributed by atoms with Gasteiger partial charge in [0.15, 0.2) is 5.75 Å². The monoisotopic (exact) mass is 323 g/mol. The molecule has 2 heterocycles.